The molecule has 84 valence electrons. The van der Waals surface area contributed by atoms with E-state index in [-0.39, 0.29) is 10.6 Å². The van der Waals surface area contributed by atoms with Crippen molar-refractivity contribution in [2.45, 2.75) is 20.3 Å². The van der Waals surface area contributed by atoms with Crippen molar-refractivity contribution in [3.05, 3.63) is 52.6 Å². The smallest absolute Gasteiger partial charge is 0.258 e. The van der Waals surface area contributed by atoms with Gasteiger partial charge in [0.25, 0.3) is 5.69 Å². The first-order chi connectivity index (χ1) is 7.69. The lowest BCUT2D eigenvalue weighted by atomic mass is 10.1. The molecule has 16 heavy (non-hydrogen) atoms. The Balaban J connectivity index is 0.000000386. The van der Waals surface area contributed by atoms with Gasteiger partial charge in [0.2, 0.25) is 0 Å². The second-order valence-corrected chi connectivity index (χ2v) is 3.50. The standard InChI is InChI=1S/C10H7NO2.C3H8/c12-11(13)10-6-5-8-3-1-2-4-9(8)7-10;1-3-2/h1-7H;3H2,1-2H3. The minimum absolute atomic E-state index is 0.138. The van der Waals surface area contributed by atoms with E-state index in [1.807, 2.05) is 24.3 Å². The number of hydrogen-bond donors (Lipinski definition) is 0. The van der Waals surface area contributed by atoms with E-state index >= 15 is 0 Å². The monoisotopic (exact) mass is 217 g/mol. The molecule has 0 aliphatic carbocycles. The van der Waals surface area contributed by atoms with Crippen LogP contribution in [0.2, 0.25) is 0 Å². The molecule has 0 radical (unpaired) electrons. The third-order valence-electron chi connectivity index (χ3n) is 1.94. The van der Waals surface area contributed by atoms with Gasteiger partial charge in [0.1, 0.15) is 0 Å². The van der Waals surface area contributed by atoms with Crippen molar-refractivity contribution in [1.82, 2.24) is 0 Å². The van der Waals surface area contributed by atoms with E-state index in [2.05, 4.69) is 13.8 Å². The van der Waals surface area contributed by atoms with Crippen molar-refractivity contribution in [3.63, 3.8) is 0 Å². The van der Waals surface area contributed by atoms with Crippen LogP contribution in [-0.4, -0.2) is 4.92 Å². The maximum atomic E-state index is 10.5. The fourth-order valence-electron chi connectivity index (χ4n) is 1.29. The van der Waals surface area contributed by atoms with Gasteiger partial charge in [-0.3, -0.25) is 10.1 Å². The van der Waals surface area contributed by atoms with Crippen molar-refractivity contribution in [2.24, 2.45) is 0 Å². The molecule has 3 nitrogen and oxygen atoms in total. The van der Waals surface area contributed by atoms with Crippen LogP contribution in [0.5, 0.6) is 0 Å². The molecule has 0 N–H and O–H groups in total. The van der Waals surface area contributed by atoms with Gasteiger partial charge in [0, 0.05) is 12.1 Å². The molecule has 0 heterocycles. The summed E-state index contributed by atoms with van der Waals surface area (Å²) in [5.74, 6) is 0. The van der Waals surface area contributed by atoms with Gasteiger partial charge in [0.15, 0.2) is 0 Å². The first-order valence-corrected chi connectivity index (χ1v) is 5.32. The van der Waals surface area contributed by atoms with Crippen LogP contribution in [-0.2, 0) is 0 Å². The Morgan fingerprint density at radius 2 is 1.62 bits per heavy atom. The van der Waals surface area contributed by atoms with Crippen LogP contribution >= 0.6 is 0 Å². The first kappa shape index (κ1) is 12.2. The third kappa shape index (κ3) is 3.05. The third-order valence-corrected chi connectivity index (χ3v) is 1.94. The molecule has 0 aliphatic heterocycles. The normalized spacial score (nSPS) is 9.38. The zero-order valence-electron chi connectivity index (χ0n) is 9.51. The lowest BCUT2D eigenvalue weighted by Crippen LogP contribution is -1.86. The van der Waals surface area contributed by atoms with Crippen molar-refractivity contribution in [2.75, 3.05) is 0 Å². The highest BCUT2D eigenvalue weighted by Crippen LogP contribution is 2.19. The molecule has 0 amide bonds. The van der Waals surface area contributed by atoms with Gasteiger partial charge in [-0.25, -0.2) is 0 Å². The zero-order chi connectivity index (χ0) is 12.0. The molecule has 0 unspecified atom stereocenters. The summed E-state index contributed by atoms with van der Waals surface area (Å²) in [5.41, 5.74) is 0.138. The summed E-state index contributed by atoms with van der Waals surface area (Å²) in [6.45, 7) is 4.25. The SMILES string of the molecule is CCC.O=[N+]([O-])c1ccc2ccccc2c1. The molecule has 3 heteroatoms. The molecule has 2 aromatic carbocycles. The number of non-ortho nitro benzene ring substituents is 1. The Morgan fingerprint density at radius 1 is 1.06 bits per heavy atom. The van der Waals surface area contributed by atoms with E-state index in [1.54, 1.807) is 12.1 Å². The number of benzene rings is 2. The number of nitro benzene ring substituents is 1. The molecule has 2 rings (SSSR count). The molecular weight excluding hydrogens is 202 g/mol. The van der Waals surface area contributed by atoms with Crippen molar-refractivity contribution < 1.29 is 4.92 Å². The fraction of sp³-hybridized carbons (Fsp3) is 0.231. The van der Waals surface area contributed by atoms with Gasteiger partial charge in [0.05, 0.1) is 4.92 Å². The predicted molar refractivity (Wildman–Crippen MR) is 66.6 cm³/mol. The van der Waals surface area contributed by atoms with E-state index in [4.69, 9.17) is 0 Å². The number of hydrogen-bond acceptors (Lipinski definition) is 2. The second kappa shape index (κ2) is 5.85. The molecule has 0 spiro atoms. The average molecular weight is 217 g/mol. The van der Waals surface area contributed by atoms with E-state index in [0.717, 1.165) is 10.8 Å². The molecule has 0 aromatic heterocycles. The second-order valence-electron chi connectivity index (χ2n) is 3.50. The van der Waals surface area contributed by atoms with Gasteiger partial charge in [-0.2, -0.15) is 0 Å². The summed E-state index contributed by atoms with van der Waals surface area (Å²) in [5, 5.41) is 12.4. The Hall–Kier alpha value is -1.90. The molecule has 2 aromatic rings. The van der Waals surface area contributed by atoms with E-state index in [0.29, 0.717) is 0 Å². The van der Waals surface area contributed by atoms with E-state index in [1.165, 1.54) is 12.5 Å². The lowest BCUT2D eigenvalue weighted by molar-refractivity contribution is -0.384. The summed E-state index contributed by atoms with van der Waals surface area (Å²) in [4.78, 5) is 10.1. The highest BCUT2D eigenvalue weighted by molar-refractivity contribution is 5.84. The number of nitro groups is 1. The Labute approximate surface area is 94.9 Å². The van der Waals surface area contributed by atoms with Gasteiger partial charge in [-0.1, -0.05) is 44.5 Å². The van der Waals surface area contributed by atoms with Crippen LogP contribution in [0, 0.1) is 10.1 Å². The highest BCUT2D eigenvalue weighted by Gasteiger charge is 2.04. The van der Waals surface area contributed by atoms with Crippen LogP contribution in [0.3, 0.4) is 0 Å². The maximum Gasteiger partial charge on any atom is 0.270 e. The van der Waals surface area contributed by atoms with Gasteiger partial charge >= 0.3 is 0 Å². The first-order valence-electron chi connectivity index (χ1n) is 5.32. The zero-order valence-corrected chi connectivity index (χ0v) is 9.51. The summed E-state index contributed by atoms with van der Waals surface area (Å²) < 4.78 is 0. The summed E-state index contributed by atoms with van der Waals surface area (Å²) >= 11 is 0. The lowest BCUT2D eigenvalue weighted by Gasteiger charge is -1.95. The van der Waals surface area contributed by atoms with Crippen LogP contribution in [0.15, 0.2) is 42.5 Å². The van der Waals surface area contributed by atoms with Crippen LogP contribution in [0.4, 0.5) is 5.69 Å². The maximum absolute atomic E-state index is 10.5. The van der Waals surface area contributed by atoms with Crippen molar-refractivity contribution >= 4 is 16.5 Å². The Kier molecular flexibility index (Phi) is 4.45. The van der Waals surface area contributed by atoms with E-state index < -0.39 is 0 Å². The number of rotatable bonds is 1. The molecule has 0 saturated carbocycles. The topological polar surface area (TPSA) is 43.1 Å². The fourth-order valence-corrected chi connectivity index (χ4v) is 1.29. The minimum Gasteiger partial charge on any atom is -0.258 e. The van der Waals surface area contributed by atoms with Crippen LogP contribution < -0.4 is 0 Å². The molecule has 0 fully saturated rings. The average Bonchev–Trinajstić information content (AvgIpc) is 2.29. The number of fused-ring (bicyclic) bond motifs is 1. The van der Waals surface area contributed by atoms with E-state index in [9.17, 15) is 10.1 Å². The van der Waals surface area contributed by atoms with Crippen molar-refractivity contribution in [3.8, 4) is 0 Å². The summed E-state index contributed by atoms with van der Waals surface area (Å²) in [6.07, 6.45) is 1.25. The van der Waals surface area contributed by atoms with Gasteiger partial charge in [-0.15, -0.1) is 0 Å². The largest absolute Gasteiger partial charge is 0.270 e. The number of nitrogens with zero attached hydrogens (tertiary/aromatic N) is 1. The Bertz CT molecular complexity index is 480. The molecule has 0 bridgehead atoms. The summed E-state index contributed by atoms with van der Waals surface area (Å²) in [7, 11) is 0. The van der Waals surface area contributed by atoms with Gasteiger partial charge < -0.3 is 0 Å². The predicted octanol–water partition coefficient (Wildman–Crippen LogP) is 4.16. The van der Waals surface area contributed by atoms with Crippen molar-refractivity contribution in [1.29, 1.82) is 0 Å². The highest BCUT2D eigenvalue weighted by atomic mass is 16.6. The molecule has 0 saturated heterocycles. The van der Waals surface area contributed by atoms with Crippen LogP contribution in [0.1, 0.15) is 20.3 Å². The van der Waals surface area contributed by atoms with Gasteiger partial charge in [-0.05, 0) is 16.8 Å². The molecule has 0 atom stereocenters. The van der Waals surface area contributed by atoms with Crippen LogP contribution in [0.25, 0.3) is 10.8 Å². The quantitative estimate of drug-likeness (QED) is 0.531. The molecular formula is C13H15NO2. The molecule has 0 aliphatic rings. The Morgan fingerprint density at radius 3 is 2.19 bits per heavy atom. The summed E-state index contributed by atoms with van der Waals surface area (Å²) in [6, 6.07) is 12.4. The minimum atomic E-state index is -0.382.